The highest BCUT2D eigenvalue weighted by atomic mass is 15.3. The lowest BCUT2D eigenvalue weighted by molar-refractivity contribution is 0.153. The van der Waals surface area contributed by atoms with E-state index in [9.17, 15) is 0 Å². The van der Waals surface area contributed by atoms with Crippen molar-refractivity contribution in [2.45, 2.75) is 12.8 Å². The fourth-order valence-electron chi connectivity index (χ4n) is 4.81. The highest BCUT2D eigenvalue weighted by Gasteiger charge is 2.15. The van der Waals surface area contributed by atoms with Gasteiger partial charge in [0, 0.05) is 87.4 Å². The summed E-state index contributed by atoms with van der Waals surface area (Å²) in [5.74, 6) is 0.594. The van der Waals surface area contributed by atoms with Crippen LogP contribution in [0.5, 0.6) is 0 Å². The number of aryl methyl sites for hydroxylation is 1. The maximum atomic E-state index is 4.73. The maximum Gasteiger partial charge on any atom is 0.227 e. The topological polar surface area (TPSA) is 63.7 Å². The number of pyridine rings is 1. The molecule has 0 atom stereocenters. The number of rotatable bonds is 8. The minimum absolute atomic E-state index is 0.594. The van der Waals surface area contributed by atoms with Crippen LogP contribution in [0.25, 0.3) is 11.3 Å². The van der Waals surface area contributed by atoms with Gasteiger partial charge >= 0.3 is 0 Å². The lowest BCUT2D eigenvalue weighted by Crippen LogP contribution is -2.44. The Morgan fingerprint density at radius 2 is 1.50 bits per heavy atom. The van der Waals surface area contributed by atoms with Gasteiger partial charge in [0.15, 0.2) is 0 Å². The van der Waals surface area contributed by atoms with Crippen LogP contribution in [0.1, 0.15) is 12.1 Å². The van der Waals surface area contributed by atoms with E-state index >= 15 is 0 Å². The predicted octanol–water partition coefficient (Wildman–Crippen LogP) is 3.21. The minimum Gasteiger partial charge on any atom is -0.369 e. The Morgan fingerprint density at radius 3 is 2.19 bits per heavy atom. The summed E-state index contributed by atoms with van der Waals surface area (Å²) in [6.45, 7) is 10.2. The molecule has 2 fully saturated rings. The van der Waals surface area contributed by atoms with Crippen LogP contribution in [0.3, 0.4) is 0 Å². The average Bonchev–Trinajstić information content (AvgIpc) is 2.91. The van der Waals surface area contributed by atoms with Crippen molar-refractivity contribution in [2.24, 2.45) is 0 Å². The summed E-state index contributed by atoms with van der Waals surface area (Å²) >= 11 is 0. The molecule has 2 aromatic heterocycles. The summed E-state index contributed by atoms with van der Waals surface area (Å²) in [7, 11) is 4.38. The maximum absolute atomic E-state index is 4.73. The van der Waals surface area contributed by atoms with Crippen molar-refractivity contribution in [1.82, 2.24) is 29.7 Å². The summed E-state index contributed by atoms with van der Waals surface area (Å²) in [4.78, 5) is 23.6. The summed E-state index contributed by atoms with van der Waals surface area (Å²) in [5.41, 5.74) is 5.27. The molecule has 2 saturated heterocycles. The van der Waals surface area contributed by atoms with Crippen LogP contribution < -0.4 is 10.2 Å². The Balaban J connectivity index is 1.14. The molecule has 8 heteroatoms. The Hall–Kier alpha value is -3.07. The smallest absolute Gasteiger partial charge is 0.227 e. The number of hydrogen-bond acceptors (Lipinski definition) is 8. The number of benzene rings is 1. The van der Waals surface area contributed by atoms with E-state index in [0.29, 0.717) is 5.95 Å². The number of aromatic nitrogens is 3. The molecule has 190 valence electrons. The van der Waals surface area contributed by atoms with Gasteiger partial charge in [0.2, 0.25) is 5.95 Å². The van der Waals surface area contributed by atoms with Gasteiger partial charge in [0.05, 0.1) is 5.69 Å². The van der Waals surface area contributed by atoms with Crippen molar-refractivity contribution < 1.29 is 0 Å². The van der Waals surface area contributed by atoms with E-state index in [1.807, 2.05) is 12.3 Å². The van der Waals surface area contributed by atoms with Gasteiger partial charge in [-0.05, 0) is 75.9 Å². The Bertz CT molecular complexity index is 1090. The van der Waals surface area contributed by atoms with Gasteiger partial charge in [0.25, 0.3) is 0 Å². The first-order valence-electron chi connectivity index (χ1n) is 13.1. The van der Waals surface area contributed by atoms with Gasteiger partial charge < -0.3 is 24.9 Å². The first kappa shape index (κ1) is 24.6. The molecule has 1 aromatic carbocycles. The molecule has 0 amide bonds. The van der Waals surface area contributed by atoms with E-state index in [-0.39, 0.29) is 0 Å². The Kier molecular flexibility index (Phi) is 8.05. The first-order valence-corrected chi connectivity index (χ1v) is 13.1. The molecule has 0 radical (unpaired) electrons. The highest BCUT2D eigenvalue weighted by molar-refractivity contribution is 5.63. The third-order valence-corrected chi connectivity index (χ3v) is 7.27. The van der Waals surface area contributed by atoms with Crippen LogP contribution in [0.4, 0.5) is 17.3 Å². The number of nitrogens with zero attached hydrogens (tertiary/aromatic N) is 7. The van der Waals surface area contributed by atoms with E-state index < -0.39 is 0 Å². The number of hydrogen-bond donors (Lipinski definition) is 1. The van der Waals surface area contributed by atoms with Gasteiger partial charge in [-0.15, -0.1) is 0 Å². The van der Waals surface area contributed by atoms with Gasteiger partial charge in [-0.25, -0.2) is 9.97 Å². The van der Waals surface area contributed by atoms with Crippen LogP contribution in [0, 0.1) is 0 Å². The largest absolute Gasteiger partial charge is 0.369 e. The predicted molar refractivity (Wildman–Crippen MR) is 147 cm³/mol. The van der Waals surface area contributed by atoms with E-state index in [4.69, 9.17) is 9.97 Å². The molecule has 2 aliphatic rings. The number of likely N-dealkylation sites (N-methyl/N-ethyl adjacent to an activating group) is 2. The van der Waals surface area contributed by atoms with E-state index in [2.05, 4.69) is 80.4 Å². The number of anilines is 3. The first-order chi connectivity index (χ1) is 17.6. The SMILES string of the molecule is CN1CCN(CCCc2ccc(-c3ccnc(Nc4ccc(N5CCN(C)CC5)cc4)n3)cn2)CC1. The van der Waals surface area contributed by atoms with Crippen LogP contribution in [-0.4, -0.2) is 103 Å². The summed E-state index contributed by atoms with van der Waals surface area (Å²) in [6, 6.07) is 14.7. The fraction of sp³-hybridized carbons (Fsp3) is 0.464. The fourth-order valence-corrected chi connectivity index (χ4v) is 4.81. The monoisotopic (exact) mass is 486 g/mol. The second kappa shape index (κ2) is 11.8. The zero-order valence-corrected chi connectivity index (χ0v) is 21.6. The summed E-state index contributed by atoms with van der Waals surface area (Å²) in [5, 5.41) is 3.35. The average molecular weight is 487 g/mol. The van der Waals surface area contributed by atoms with Gasteiger partial charge in [-0.1, -0.05) is 0 Å². The molecule has 8 nitrogen and oxygen atoms in total. The molecular weight excluding hydrogens is 448 g/mol. The molecule has 0 bridgehead atoms. The molecular formula is C28H38N8. The molecule has 2 aliphatic heterocycles. The molecule has 5 rings (SSSR count). The minimum atomic E-state index is 0.594. The van der Waals surface area contributed by atoms with Crippen LogP contribution >= 0.6 is 0 Å². The van der Waals surface area contributed by atoms with Crippen LogP contribution in [-0.2, 0) is 6.42 Å². The number of nitrogens with one attached hydrogen (secondary N) is 1. The van der Waals surface area contributed by atoms with Crippen molar-refractivity contribution in [3.63, 3.8) is 0 Å². The molecule has 4 heterocycles. The van der Waals surface area contributed by atoms with Crippen molar-refractivity contribution >= 4 is 17.3 Å². The van der Waals surface area contributed by atoms with E-state index in [1.165, 1.54) is 31.9 Å². The second-order valence-corrected chi connectivity index (χ2v) is 10.0. The van der Waals surface area contributed by atoms with Gasteiger partial charge in [-0.2, -0.15) is 0 Å². The lowest BCUT2D eigenvalue weighted by atomic mass is 10.1. The molecule has 3 aromatic rings. The molecule has 0 aliphatic carbocycles. The van der Waals surface area contributed by atoms with E-state index in [1.54, 1.807) is 6.20 Å². The third kappa shape index (κ3) is 6.57. The second-order valence-electron chi connectivity index (χ2n) is 10.0. The highest BCUT2D eigenvalue weighted by Crippen LogP contribution is 2.22. The van der Waals surface area contributed by atoms with E-state index in [0.717, 1.165) is 68.2 Å². The summed E-state index contributed by atoms with van der Waals surface area (Å²) in [6.07, 6.45) is 5.88. The molecule has 0 spiro atoms. The normalized spacial score (nSPS) is 17.9. The molecule has 0 unspecified atom stereocenters. The Labute approximate surface area is 215 Å². The van der Waals surface area contributed by atoms with Crippen LogP contribution in [0.15, 0.2) is 54.9 Å². The quantitative estimate of drug-likeness (QED) is 0.521. The van der Waals surface area contributed by atoms with Gasteiger partial charge in [-0.3, -0.25) is 4.98 Å². The van der Waals surface area contributed by atoms with Crippen LogP contribution in [0.2, 0.25) is 0 Å². The number of piperazine rings is 2. The molecule has 1 N–H and O–H groups in total. The van der Waals surface area contributed by atoms with Crippen molar-refractivity contribution in [3.05, 3.63) is 60.6 Å². The van der Waals surface area contributed by atoms with Crippen molar-refractivity contribution in [3.8, 4) is 11.3 Å². The zero-order valence-electron chi connectivity index (χ0n) is 21.6. The standard InChI is InChI=1S/C28H38N8/c1-33-14-18-35(19-15-33)13-3-4-24-6-5-23(22-30-24)27-11-12-29-28(32-27)31-25-7-9-26(10-8-25)36-20-16-34(2)17-21-36/h5-12,22H,3-4,13-21H2,1-2H3,(H,29,31,32). The lowest BCUT2D eigenvalue weighted by Gasteiger charge is -2.34. The third-order valence-electron chi connectivity index (χ3n) is 7.27. The molecule has 0 saturated carbocycles. The Morgan fingerprint density at radius 1 is 0.778 bits per heavy atom. The van der Waals surface area contributed by atoms with Gasteiger partial charge in [0.1, 0.15) is 0 Å². The summed E-state index contributed by atoms with van der Waals surface area (Å²) < 4.78 is 0. The zero-order chi connectivity index (χ0) is 24.7. The molecule has 36 heavy (non-hydrogen) atoms. The van der Waals surface area contributed by atoms with Crippen molar-refractivity contribution in [2.75, 3.05) is 83.2 Å². The van der Waals surface area contributed by atoms with Crippen molar-refractivity contribution in [1.29, 1.82) is 0 Å².